The van der Waals surface area contributed by atoms with Crippen LogP contribution in [0.1, 0.15) is 5.56 Å². The monoisotopic (exact) mass is 140 g/mol. The normalized spacial score (nSPS) is 9.80. The summed E-state index contributed by atoms with van der Waals surface area (Å²) in [5, 5.41) is 2.92. The first-order valence-electron chi connectivity index (χ1n) is 3.08. The number of aromatic nitrogens is 1. The lowest BCUT2D eigenvalue weighted by Gasteiger charge is -1.96. The Morgan fingerprint density at radius 1 is 1.70 bits per heavy atom. The summed E-state index contributed by atoms with van der Waals surface area (Å²) in [6, 6.07) is 3.19. The number of pyridine rings is 1. The van der Waals surface area contributed by atoms with Gasteiger partial charge in [0, 0.05) is 12.7 Å². The molecule has 1 heterocycles. The molecule has 0 amide bonds. The third kappa shape index (κ3) is 1.77. The second kappa shape index (κ2) is 3.27. The summed E-state index contributed by atoms with van der Waals surface area (Å²) in [7, 11) is 1.82. The molecular formula is C7H9FN2. The van der Waals surface area contributed by atoms with Crippen molar-refractivity contribution in [3.05, 3.63) is 29.8 Å². The molecule has 0 fully saturated rings. The van der Waals surface area contributed by atoms with Crippen LogP contribution in [0.4, 0.5) is 4.39 Å². The molecule has 1 N–H and O–H groups in total. The van der Waals surface area contributed by atoms with Crippen LogP contribution in [0.5, 0.6) is 0 Å². The Bertz CT molecular complexity index is 213. The summed E-state index contributed by atoms with van der Waals surface area (Å²) in [5.41, 5.74) is 0.912. The van der Waals surface area contributed by atoms with Gasteiger partial charge in [0.2, 0.25) is 5.95 Å². The first-order valence-corrected chi connectivity index (χ1v) is 3.08. The lowest BCUT2D eigenvalue weighted by Crippen LogP contribution is -2.05. The molecule has 1 aromatic rings. The minimum Gasteiger partial charge on any atom is -0.316 e. The van der Waals surface area contributed by atoms with Crippen LogP contribution in [0.25, 0.3) is 0 Å². The van der Waals surface area contributed by atoms with Gasteiger partial charge in [-0.15, -0.1) is 0 Å². The SMILES string of the molecule is CNCc1ccnc(F)c1. The zero-order chi connectivity index (χ0) is 7.40. The highest BCUT2D eigenvalue weighted by atomic mass is 19.1. The van der Waals surface area contributed by atoms with Crippen molar-refractivity contribution in [2.45, 2.75) is 6.54 Å². The maximum atomic E-state index is 12.4. The molecule has 0 aliphatic heterocycles. The van der Waals surface area contributed by atoms with Crippen molar-refractivity contribution in [2.75, 3.05) is 7.05 Å². The predicted octanol–water partition coefficient (Wildman–Crippen LogP) is 0.940. The molecule has 0 aromatic carbocycles. The van der Waals surface area contributed by atoms with Crippen molar-refractivity contribution in [3.8, 4) is 0 Å². The Morgan fingerprint density at radius 2 is 2.50 bits per heavy atom. The Morgan fingerprint density at radius 3 is 3.10 bits per heavy atom. The van der Waals surface area contributed by atoms with Crippen LogP contribution >= 0.6 is 0 Å². The molecule has 2 nitrogen and oxygen atoms in total. The number of nitrogens with zero attached hydrogens (tertiary/aromatic N) is 1. The van der Waals surface area contributed by atoms with Gasteiger partial charge in [-0.3, -0.25) is 0 Å². The quantitative estimate of drug-likeness (QED) is 0.618. The van der Waals surface area contributed by atoms with E-state index in [9.17, 15) is 4.39 Å². The molecule has 0 atom stereocenters. The average Bonchev–Trinajstić information content (AvgIpc) is 1.88. The molecule has 0 aliphatic rings. The van der Waals surface area contributed by atoms with Crippen molar-refractivity contribution in [2.24, 2.45) is 0 Å². The van der Waals surface area contributed by atoms with E-state index in [1.165, 1.54) is 12.3 Å². The first-order chi connectivity index (χ1) is 4.83. The minimum absolute atomic E-state index is 0.423. The summed E-state index contributed by atoms with van der Waals surface area (Å²) in [6.07, 6.45) is 1.46. The second-order valence-corrected chi connectivity index (χ2v) is 2.02. The van der Waals surface area contributed by atoms with E-state index in [2.05, 4.69) is 10.3 Å². The molecule has 1 rings (SSSR count). The van der Waals surface area contributed by atoms with Crippen molar-refractivity contribution >= 4 is 0 Å². The van der Waals surface area contributed by atoms with Gasteiger partial charge in [-0.25, -0.2) is 4.98 Å². The molecule has 1 aromatic heterocycles. The van der Waals surface area contributed by atoms with E-state index < -0.39 is 5.95 Å². The summed E-state index contributed by atoms with van der Waals surface area (Å²) in [4.78, 5) is 3.43. The molecule has 10 heavy (non-hydrogen) atoms. The Hall–Kier alpha value is -0.960. The van der Waals surface area contributed by atoms with Gasteiger partial charge >= 0.3 is 0 Å². The Labute approximate surface area is 59.1 Å². The lowest BCUT2D eigenvalue weighted by atomic mass is 10.3. The zero-order valence-corrected chi connectivity index (χ0v) is 5.76. The summed E-state index contributed by atoms with van der Waals surface area (Å²) < 4.78 is 12.4. The Balaban J connectivity index is 2.75. The molecule has 0 aliphatic carbocycles. The highest BCUT2D eigenvalue weighted by molar-refractivity contribution is 5.09. The van der Waals surface area contributed by atoms with Crippen LogP contribution < -0.4 is 5.32 Å². The molecule has 3 heteroatoms. The molecule has 0 saturated heterocycles. The van der Waals surface area contributed by atoms with Gasteiger partial charge in [0.1, 0.15) is 0 Å². The van der Waals surface area contributed by atoms with Crippen LogP contribution in [0.3, 0.4) is 0 Å². The molecule has 0 radical (unpaired) electrons. The topological polar surface area (TPSA) is 24.9 Å². The number of rotatable bonds is 2. The van der Waals surface area contributed by atoms with E-state index in [4.69, 9.17) is 0 Å². The second-order valence-electron chi connectivity index (χ2n) is 2.02. The maximum absolute atomic E-state index is 12.4. The number of nitrogens with one attached hydrogen (secondary N) is 1. The van der Waals surface area contributed by atoms with E-state index in [1.807, 2.05) is 7.05 Å². The summed E-state index contributed by atoms with van der Waals surface area (Å²) in [5.74, 6) is -0.423. The first kappa shape index (κ1) is 7.15. The lowest BCUT2D eigenvalue weighted by molar-refractivity contribution is 0.580. The standard InChI is InChI=1S/C7H9FN2/c1-9-5-6-2-3-10-7(8)4-6/h2-4,9H,5H2,1H3. The largest absolute Gasteiger partial charge is 0.316 e. The van der Waals surface area contributed by atoms with Gasteiger partial charge < -0.3 is 5.32 Å². The molecule has 0 saturated carbocycles. The van der Waals surface area contributed by atoms with Gasteiger partial charge in [-0.2, -0.15) is 4.39 Å². The van der Waals surface area contributed by atoms with E-state index in [0.29, 0.717) is 6.54 Å². The van der Waals surface area contributed by atoms with E-state index in [0.717, 1.165) is 5.56 Å². The fourth-order valence-electron chi connectivity index (χ4n) is 0.757. The number of hydrogen-bond acceptors (Lipinski definition) is 2. The van der Waals surface area contributed by atoms with Gasteiger partial charge in [0.25, 0.3) is 0 Å². The number of hydrogen-bond donors (Lipinski definition) is 1. The minimum atomic E-state index is -0.423. The summed E-state index contributed by atoms with van der Waals surface area (Å²) >= 11 is 0. The van der Waals surface area contributed by atoms with Gasteiger partial charge in [0.15, 0.2) is 0 Å². The Kier molecular flexibility index (Phi) is 2.34. The van der Waals surface area contributed by atoms with Gasteiger partial charge in [-0.1, -0.05) is 0 Å². The van der Waals surface area contributed by atoms with E-state index in [1.54, 1.807) is 6.07 Å². The number of halogens is 1. The van der Waals surface area contributed by atoms with Crippen molar-refractivity contribution in [1.82, 2.24) is 10.3 Å². The average molecular weight is 140 g/mol. The van der Waals surface area contributed by atoms with Crippen LogP contribution in [0.2, 0.25) is 0 Å². The van der Waals surface area contributed by atoms with Crippen molar-refractivity contribution < 1.29 is 4.39 Å². The van der Waals surface area contributed by atoms with Gasteiger partial charge in [0.05, 0.1) is 0 Å². The third-order valence-corrected chi connectivity index (χ3v) is 1.17. The van der Waals surface area contributed by atoms with Crippen LogP contribution in [-0.4, -0.2) is 12.0 Å². The summed E-state index contributed by atoms with van der Waals surface area (Å²) in [6.45, 7) is 0.680. The van der Waals surface area contributed by atoms with Crippen molar-refractivity contribution in [1.29, 1.82) is 0 Å². The maximum Gasteiger partial charge on any atom is 0.213 e. The van der Waals surface area contributed by atoms with Crippen molar-refractivity contribution in [3.63, 3.8) is 0 Å². The fourth-order valence-corrected chi connectivity index (χ4v) is 0.757. The molecule has 54 valence electrons. The zero-order valence-electron chi connectivity index (χ0n) is 5.76. The smallest absolute Gasteiger partial charge is 0.213 e. The molecule has 0 unspecified atom stereocenters. The third-order valence-electron chi connectivity index (χ3n) is 1.17. The van der Waals surface area contributed by atoms with Crippen LogP contribution in [-0.2, 0) is 6.54 Å². The fraction of sp³-hybridized carbons (Fsp3) is 0.286. The van der Waals surface area contributed by atoms with Crippen LogP contribution in [0.15, 0.2) is 18.3 Å². The predicted molar refractivity (Wildman–Crippen MR) is 37.0 cm³/mol. The highest BCUT2D eigenvalue weighted by Gasteiger charge is 1.92. The van der Waals surface area contributed by atoms with Gasteiger partial charge in [-0.05, 0) is 24.7 Å². The van der Waals surface area contributed by atoms with E-state index >= 15 is 0 Å². The van der Waals surface area contributed by atoms with E-state index in [-0.39, 0.29) is 0 Å². The van der Waals surface area contributed by atoms with Crippen LogP contribution in [0, 0.1) is 5.95 Å². The highest BCUT2D eigenvalue weighted by Crippen LogP contribution is 1.98. The molecule has 0 bridgehead atoms. The molecule has 0 spiro atoms. The molecular weight excluding hydrogens is 131 g/mol.